The van der Waals surface area contributed by atoms with Crippen molar-refractivity contribution in [2.75, 3.05) is 0 Å². The van der Waals surface area contributed by atoms with Crippen LogP contribution in [-0.4, -0.2) is 11.2 Å². The second kappa shape index (κ2) is 3.38. The van der Waals surface area contributed by atoms with Gasteiger partial charge in [0.15, 0.2) is 0 Å². The molecule has 0 spiro atoms. The highest BCUT2D eigenvalue weighted by Crippen LogP contribution is 2.30. The molecule has 1 aliphatic carbocycles. The third kappa shape index (κ3) is 1.51. The molecule has 1 heteroatoms. The fraction of sp³-hybridized carbons (Fsp3) is 1.00. The molecule has 0 heterocycles. The number of hydrogen-bond acceptors (Lipinski definition) is 1. The highest BCUT2D eigenvalue weighted by molar-refractivity contribution is 4.78. The fourth-order valence-corrected chi connectivity index (χ4v) is 1.95. The molecule has 0 aromatic heterocycles. The lowest BCUT2D eigenvalue weighted by Crippen LogP contribution is -2.31. The number of rotatable bonds is 1. The SMILES string of the molecule is CCC1CCCC(C)C1O. The molecule has 3 unspecified atom stereocenters. The zero-order valence-electron chi connectivity index (χ0n) is 7.01. The molecular weight excluding hydrogens is 124 g/mol. The predicted octanol–water partition coefficient (Wildman–Crippen LogP) is 2.19. The van der Waals surface area contributed by atoms with E-state index in [1.54, 1.807) is 0 Å². The maximum absolute atomic E-state index is 9.64. The molecule has 0 aliphatic heterocycles. The van der Waals surface area contributed by atoms with Gasteiger partial charge in [-0.25, -0.2) is 0 Å². The molecule has 0 amide bonds. The molecule has 0 bridgehead atoms. The van der Waals surface area contributed by atoms with Gasteiger partial charge in [0.05, 0.1) is 6.10 Å². The van der Waals surface area contributed by atoms with Crippen molar-refractivity contribution in [1.29, 1.82) is 0 Å². The highest BCUT2D eigenvalue weighted by atomic mass is 16.3. The molecule has 1 aliphatic rings. The fourth-order valence-electron chi connectivity index (χ4n) is 1.95. The van der Waals surface area contributed by atoms with Crippen LogP contribution in [0, 0.1) is 11.8 Å². The van der Waals surface area contributed by atoms with Crippen LogP contribution in [0.3, 0.4) is 0 Å². The van der Waals surface area contributed by atoms with E-state index < -0.39 is 0 Å². The van der Waals surface area contributed by atoms with Crippen molar-refractivity contribution in [1.82, 2.24) is 0 Å². The molecule has 3 atom stereocenters. The maximum atomic E-state index is 9.64. The minimum atomic E-state index is -0.0150. The summed E-state index contributed by atoms with van der Waals surface area (Å²) in [6.45, 7) is 4.33. The summed E-state index contributed by atoms with van der Waals surface area (Å²) >= 11 is 0. The molecule has 1 N–H and O–H groups in total. The first-order chi connectivity index (χ1) is 4.75. The molecule has 0 radical (unpaired) electrons. The average molecular weight is 142 g/mol. The molecule has 10 heavy (non-hydrogen) atoms. The Balaban J connectivity index is 2.42. The minimum absolute atomic E-state index is 0.0150. The summed E-state index contributed by atoms with van der Waals surface area (Å²) in [6.07, 6.45) is 4.90. The predicted molar refractivity (Wildman–Crippen MR) is 42.8 cm³/mol. The summed E-state index contributed by atoms with van der Waals surface area (Å²) < 4.78 is 0. The van der Waals surface area contributed by atoms with Gasteiger partial charge in [0.25, 0.3) is 0 Å². The smallest absolute Gasteiger partial charge is 0.0593 e. The third-order valence-corrected chi connectivity index (χ3v) is 2.82. The van der Waals surface area contributed by atoms with E-state index in [4.69, 9.17) is 0 Å². The Labute approximate surface area is 63.4 Å². The van der Waals surface area contributed by atoms with E-state index in [1.165, 1.54) is 19.3 Å². The summed E-state index contributed by atoms with van der Waals surface area (Å²) in [5.41, 5.74) is 0. The highest BCUT2D eigenvalue weighted by Gasteiger charge is 2.26. The van der Waals surface area contributed by atoms with Gasteiger partial charge >= 0.3 is 0 Å². The zero-order valence-corrected chi connectivity index (χ0v) is 7.01. The molecule has 0 saturated heterocycles. The summed E-state index contributed by atoms with van der Waals surface area (Å²) in [5.74, 6) is 1.13. The standard InChI is InChI=1S/C9H18O/c1-3-8-6-4-5-7(2)9(8)10/h7-10H,3-6H2,1-2H3. The van der Waals surface area contributed by atoms with Crippen molar-refractivity contribution in [2.24, 2.45) is 11.8 Å². The normalized spacial score (nSPS) is 41.7. The van der Waals surface area contributed by atoms with Crippen molar-refractivity contribution < 1.29 is 5.11 Å². The first-order valence-electron chi connectivity index (χ1n) is 4.43. The van der Waals surface area contributed by atoms with Crippen LogP contribution in [0.25, 0.3) is 0 Å². The van der Waals surface area contributed by atoms with Gasteiger partial charge in [0.2, 0.25) is 0 Å². The Morgan fingerprint density at radius 3 is 2.60 bits per heavy atom. The second-order valence-electron chi connectivity index (χ2n) is 3.57. The average Bonchev–Trinajstić information content (AvgIpc) is 1.95. The van der Waals surface area contributed by atoms with Crippen LogP contribution in [0.2, 0.25) is 0 Å². The molecule has 60 valence electrons. The lowest BCUT2D eigenvalue weighted by atomic mass is 9.78. The van der Waals surface area contributed by atoms with Gasteiger partial charge in [-0.1, -0.05) is 26.7 Å². The number of aliphatic hydroxyl groups excluding tert-OH is 1. The van der Waals surface area contributed by atoms with E-state index in [1.807, 2.05) is 0 Å². The van der Waals surface area contributed by atoms with Gasteiger partial charge in [0.1, 0.15) is 0 Å². The van der Waals surface area contributed by atoms with Crippen molar-refractivity contribution in [3.63, 3.8) is 0 Å². The summed E-state index contributed by atoms with van der Waals surface area (Å²) in [6, 6.07) is 0. The topological polar surface area (TPSA) is 20.2 Å². The quantitative estimate of drug-likeness (QED) is 0.595. The Bertz CT molecular complexity index is 101. The van der Waals surface area contributed by atoms with Gasteiger partial charge in [-0.3, -0.25) is 0 Å². The van der Waals surface area contributed by atoms with Gasteiger partial charge in [-0.2, -0.15) is 0 Å². The van der Waals surface area contributed by atoms with Crippen molar-refractivity contribution in [2.45, 2.75) is 45.6 Å². The third-order valence-electron chi connectivity index (χ3n) is 2.82. The molecule has 1 nitrogen and oxygen atoms in total. The molecule has 0 aromatic carbocycles. The molecule has 1 fully saturated rings. The molecule has 0 aromatic rings. The van der Waals surface area contributed by atoms with Crippen molar-refractivity contribution >= 4 is 0 Å². The van der Waals surface area contributed by atoms with E-state index in [-0.39, 0.29) is 6.10 Å². The molecular formula is C9H18O. The van der Waals surface area contributed by atoms with Gasteiger partial charge in [-0.15, -0.1) is 0 Å². The Hall–Kier alpha value is -0.0400. The summed E-state index contributed by atoms with van der Waals surface area (Å²) in [5, 5.41) is 9.64. The largest absolute Gasteiger partial charge is 0.393 e. The lowest BCUT2D eigenvalue weighted by molar-refractivity contribution is 0.0237. The molecule has 1 saturated carbocycles. The second-order valence-corrected chi connectivity index (χ2v) is 3.57. The number of hydrogen-bond donors (Lipinski definition) is 1. The van der Waals surface area contributed by atoms with Crippen LogP contribution >= 0.6 is 0 Å². The first-order valence-corrected chi connectivity index (χ1v) is 4.43. The zero-order chi connectivity index (χ0) is 7.56. The van der Waals surface area contributed by atoms with Crippen LogP contribution < -0.4 is 0 Å². The van der Waals surface area contributed by atoms with E-state index in [0.29, 0.717) is 11.8 Å². The number of aliphatic hydroxyl groups is 1. The van der Waals surface area contributed by atoms with E-state index in [2.05, 4.69) is 13.8 Å². The first kappa shape index (κ1) is 8.06. The monoisotopic (exact) mass is 142 g/mol. The maximum Gasteiger partial charge on any atom is 0.0593 e. The van der Waals surface area contributed by atoms with Crippen LogP contribution in [0.5, 0.6) is 0 Å². The lowest BCUT2D eigenvalue weighted by Gasteiger charge is -2.31. The summed E-state index contributed by atoms with van der Waals surface area (Å²) in [7, 11) is 0. The van der Waals surface area contributed by atoms with E-state index in [9.17, 15) is 5.11 Å². The van der Waals surface area contributed by atoms with Gasteiger partial charge in [-0.05, 0) is 24.7 Å². The van der Waals surface area contributed by atoms with E-state index in [0.717, 1.165) is 6.42 Å². The van der Waals surface area contributed by atoms with Crippen molar-refractivity contribution in [3.8, 4) is 0 Å². The molecule has 1 rings (SSSR count). The van der Waals surface area contributed by atoms with Crippen LogP contribution in [0.1, 0.15) is 39.5 Å². The van der Waals surface area contributed by atoms with Crippen molar-refractivity contribution in [3.05, 3.63) is 0 Å². The minimum Gasteiger partial charge on any atom is -0.393 e. The summed E-state index contributed by atoms with van der Waals surface area (Å²) in [4.78, 5) is 0. The van der Waals surface area contributed by atoms with Gasteiger partial charge in [0, 0.05) is 0 Å². The van der Waals surface area contributed by atoms with Gasteiger partial charge < -0.3 is 5.11 Å². The van der Waals surface area contributed by atoms with E-state index >= 15 is 0 Å². The van der Waals surface area contributed by atoms with Crippen LogP contribution in [0.4, 0.5) is 0 Å². The Morgan fingerprint density at radius 1 is 1.40 bits per heavy atom. The Morgan fingerprint density at radius 2 is 2.10 bits per heavy atom. The Kier molecular flexibility index (Phi) is 2.72. The van der Waals surface area contributed by atoms with Crippen LogP contribution in [-0.2, 0) is 0 Å². The van der Waals surface area contributed by atoms with Crippen LogP contribution in [0.15, 0.2) is 0 Å².